The Morgan fingerprint density at radius 2 is 2.41 bits per heavy atom. The zero-order valence-corrected chi connectivity index (χ0v) is 9.69. The number of hydrogen-bond donors (Lipinski definition) is 3. The van der Waals surface area contributed by atoms with Crippen LogP contribution in [0.5, 0.6) is 0 Å². The van der Waals surface area contributed by atoms with Gasteiger partial charge in [0.05, 0.1) is 23.6 Å². The summed E-state index contributed by atoms with van der Waals surface area (Å²) < 4.78 is 1.48. The molecule has 0 spiro atoms. The van der Waals surface area contributed by atoms with E-state index in [2.05, 4.69) is 20.6 Å². The molecule has 17 heavy (non-hydrogen) atoms. The summed E-state index contributed by atoms with van der Waals surface area (Å²) in [5, 5.41) is 13.4. The van der Waals surface area contributed by atoms with Crippen molar-refractivity contribution in [3.05, 3.63) is 29.3 Å². The van der Waals surface area contributed by atoms with E-state index in [0.717, 1.165) is 5.69 Å². The lowest BCUT2D eigenvalue weighted by atomic mass is 10.3. The fourth-order valence-corrected chi connectivity index (χ4v) is 1.59. The van der Waals surface area contributed by atoms with Gasteiger partial charge >= 0.3 is 0 Å². The number of hydrogen-bond acceptors (Lipinski definition) is 4. The molecule has 0 radical (unpaired) electrons. The molecule has 0 fully saturated rings. The first-order valence-corrected chi connectivity index (χ1v) is 5.15. The van der Waals surface area contributed by atoms with E-state index in [1.807, 2.05) is 0 Å². The van der Waals surface area contributed by atoms with E-state index in [1.54, 1.807) is 26.2 Å². The number of aryl methyl sites for hydroxylation is 2. The normalized spacial score (nSPS) is 10.5. The van der Waals surface area contributed by atoms with Gasteiger partial charge < -0.3 is 11.1 Å². The molecular weight excluding hydrogens is 220 g/mol. The molecular formula is C10H14N6O. The third-order valence-electron chi connectivity index (χ3n) is 2.48. The topological polar surface area (TPSA) is 102 Å². The van der Waals surface area contributed by atoms with Crippen LogP contribution in [0.2, 0.25) is 0 Å². The molecule has 2 aromatic rings. The number of nitrogen functional groups attached to an aromatic ring is 1. The highest BCUT2D eigenvalue weighted by atomic mass is 16.2. The van der Waals surface area contributed by atoms with Gasteiger partial charge in [-0.3, -0.25) is 14.6 Å². The lowest BCUT2D eigenvalue weighted by Gasteiger charge is -2.04. The molecule has 2 aromatic heterocycles. The van der Waals surface area contributed by atoms with Gasteiger partial charge in [0.2, 0.25) is 0 Å². The number of nitrogens with zero attached hydrogens (tertiary/aromatic N) is 3. The van der Waals surface area contributed by atoms with Crippen LogP contribution < -0.4 is 11.1 Å². The van der Waals surface area contributed by atoms with Crippen LogP contribution >= 0.6 is 0 Å². The van der Waals surface area contributed by atoms with Crippen molar-refractivity contribution >= 4 is 11.6 Å². The van der Waals surface area contributed by atoms with E-state index in [4.69, 9.17) is 5.73 Å². The highest BCUT2D eigenvalue weighted by Crippen LogP contribution is 2.14. The molecule has 7 nitrogen and oxygen atoms in total. The Morgan fingerprint density at radius 1 is 1.65 bits per heavy atom. The average molecular weight is 234 g/mol. The molecule has 0 aliphatic rings. The van der Waals surface area contributed by atoms with Crippen molar-refractivity contribution in [3.8, 4) is 0 Å². The number of anilines is 1. The number of rotatable bonds is 3. The summed E-state index contributed by atoms with van der Waals surface area (Å²) in [7, 11) is 1.69. The molecule has 0 aliphatic heterocycles. The SMILES string of the molecule is Cc1nn(C)c(C(=O)NCc2ccn[nH]2)c1N. The predicted octanol–water partition coefficient (Wildman–Crippen LogP) is -0.0362. The standard InChI is InChI=1S/C10H14N6O/c1-6-8(11)9(16(2)15-6)10(17)12-5-7-3-4-13-14-7/h3-4H,5,11H2,1-2H3,(H,12,17)(H,13,14). The number of nitrogens with one attached hydrogen (secondary N) is 2. The van der Waals surface area contributed by atoms with Gasteiger partial charge in [0, 0.05) is 13.2 Å². The monoisotopic (exact) mass is 234 g/mol. The molecule has 0 aliphatic carbocycles. The minimum absolute atomic E-state index is 0.250. The van der Waals surface area contributed by atoms with Gasteiger partial charge in [-0.05, 0) is 13.0 Å². The molecule has 4 N–H and O–H groups in total. The van der Waals surface area contributed by atoms with Crippen LogP contribution in [0.25, 0.3) is 0 Å². The summed E-state index contributed by atoms with van der Waals surface area (Å²) in [5.74, 6) is -0.250. The summed E-state index contributed by atoms with van der Waals surface area (Å²) in [6.07, 6.45) is 1.63. The summed E-state index contributed by atoms with van der Waals surface area (Å²) in [5.41, 5.74) is 8.06. The number of aromatic nitrogens is 4. The lowest BCUT2D eigenvalue weighted by molar-refractivity contribution is 0.0942. The molecule has 0 saturated heterocycles. The van der Waals surface area contributed by atoms with E-state index in [0.29, 0.717) is 23.6 Å². The Balaban J connectivity index is 2.10. The summed E-state index contributed by atoms with van der Waals surface area (Å²) >= 11 is 0. The summed E-state index contributed by atoms with van der Waals surface area (Å²) in [4.78, 5) is 11.9. The van der Waals surface area contributed by atoms with Crippen molar-refractivity contribution in [1.29, 1.82) is 0 Å². The van der Waals surface area contributed by atoms with Crippen LogP contribution in [0.3, 0.4) is 0 Å². The molecule has 0 bridgehead atoms. The highest BCUT2D eigenvalue weighted by molar-refractivity contribution is 5.97. The smallest absolute Gasteiger partial charge is 0.272 e. The zero-order chi connectivity index (χ0) is 12.4. The maximum absolute atomic E-state index is 11.9. The minimum atomic E-state index is -0.250. The highest BCUT2D eigenvalue weighted by Gasteiger charge is 2.17. The van der Waals surface area contributed by atoms with Gasteiger partial charge in [-0.2, -0.15) is 10.2 Å². The minimum Gasteiger partial charge on any atom is -0.395 e. The van der Waals surface area contributed by atoms with Gasteiger partial charge in [-0.1, -0.05) is 0 Å². The first-order chi connectivity index (χ1) is 8.09. The average Bonchev–Trinajstić information content (AvgIpc) is 2.86. The fourth-order valence-electron chi connectivity index (χ4n) is 1.59. The molecule has 1 amide bonds. The van der Waals surface area contributed by atoms with E-state index in [9.17, 15) is 4.79 Å². The maximum atomic E-state index is 11.9. The van der Waals surface area contributed by atoms with Crippen LogP contribution in [0, 0.1) is 6.92 Å². The van der Waals surface area contributed by atoms with E-state index in [-0.39, 0.29) is 5.91 Å². The van der Waals surface area contributed by atoms with Gasteiger partial charge in [0.25, 0.3) is 5.91 Å². The van der Waals surface area contributed by atoms with Gasteiger partial charge in [0.1, 0.15) is 5.69 Å². The molecule has 90 valence electrons. The van der Waals surface area contributed by atoms with Crippen LogP contribution in [0.1, 0.15) is 21.9 Å². The van der Waals surface area contributed by atoms with Crippen LogP contribution in [-0.2, 0) is 13.6 Å². The third-order valence-corrected chi connectivity index (χ3v) is 2.48. The maximum Gasteiger partial charge on any atom is 0.272 e. The van der Waals surface area contributed by atoms with E-state index < -0.39 is 0 Å². The number of aromatic amines is 1. The quantitative estimate of drug-likeness (QED) is 0.693. The third kappa shape index (κ3) is 2.12. The summed E-state index contributed by atoms with van der Waals surface area (Å²) in [6.45, 7) is 2.14. The van der Waals surface area contributed by atoms with Gasteiger partial charge in [-0.25, -0.2) is 0 Å². The van der Waals surface area contributed by atoms with Crippen molar-refractivity contribution < 1.29 is 4.79 Å². The van der Waals surface area contributed by atoms with Crippen LogP contribution in [0.15, 0.2) is 12.3 Å². The number of carbonyl (C=O) groups is 1. The second-order valence-corrected chi connectivity index (χ2v) is 3.74. The second-order valence-electron chi connectivity index (χ2n) is 3.74. The number of carbonyl (C=O) groups excluding carboxylic acids is 1. The Hall–Kier alpha value is -2.31. The largest absolute Gasteiger partial charge is 0.395 e. The Bertz CT molecular complexity index is 527. The predicted molar refractivity (Wildman–Crippen MR) is 62.1 cm³/mol. The van der Waals surface area contributed by atoms with Gasteiger partial charge in [0.15, 0.2) is 0 Å². The number of H-pyrrole nitrogens is 1. The van der Waals surface area contributed by atoms with E-state index in [1.165, 1.54) is 4.68 Å². The molecule has 2 heterocycles. The number of nitrogens with two attached hydrogens (primary N) is 1. The second kappa shape index (κ2) is 4.28. The van der Waals surface area contributed by atoms with Crippen LogP contribution in [0.4, 0.5) is 5.69 Å². The summed E-state index contributed by atoms with van der Waals surface area (Å²) in [6, 6.07) is 1.79. The molecule has 2 rings (SSSR count). The molecule has 0 saturated carbocycles. The zero-order valence-electron chi connectivity index (χ0n) is 9.69. The van der Waals surface area contributed by atoms with Crippen molar-refractivity contribution in [1.82, 2.24) is 25.3 Å². The Morgan fingerprint density at radius 3 is 2.94 bits per heavy atom. The molecule has 0 aromatic carbocycles. The number of amides is 1. The van der Waals surface area contributed by atoms with Crippen molar-refractivity contribution in [2.45, 2.75) is 13.5 Å². The van der Waals surface area contributed by atoms with Gasteiger partial charge in [-0.15, -0.1) is 0 Å². The van der Waals surface area contributed by atoms with E-state index >= 15 is 0 Å². The fraction of sp³-hybridized carbons (Fsp3) is 0.300. The molecule has 7 heteroatoms. The Labute approximate surface area is 98.0 Å². The molecule has 0 unspecified atom stereocenters. The first-order valence-electron chi connectivity index (χ1n) is 5.15. The van der Waals surface area contributed by atoms with Crippen molar-refractivity contribution in [2.75, 3.05) is 5.73 Å². The van der Waals surface area contributed by atoms with Crippen molar-refractivity contribution in [3.63, 3.8) is 0 Å². The first kappa shape index (κ1) is 11.2. The Kier molecular flexibility index (Phi) is 2.82. The lowest BCUT2D eigenvalue weighted by Crippen LogP contribution is -2.26. The molecule has 0 atom stereocenters. The van der Waals surface area contributed by atoms with Crippen LogP contribution in [-0.4, -0.2) is 25.9 Å². The van der Waals surface area contributed by atoms with Crippen molar-refractivity contribution in [2.24, 2.45) is 7.05 Å².